The lowest BCUT2D eigenvalue weighted by Gasteiger charge is -2.09. The molecule has 2 nitrogen and oxygen atoms in total. The second-order valence-corrected chi connectivity index (χ2v) is 3.43. The molecule has 1 saturated heterocycles. The summed E-state index contributed by atoms with van der Waals surface area (Å²) in [6.45, 7) is 8.96. The molecule has 0 saturated carbocycles. The van der Waals surface area contributed by atoms with Crippen molar-refractivity contribution in [3.05, 3.63) is 0 Å². The molecule has 0 aromatic heterocycles. The zero-order valence-corrected chi connectivity index (χ0v) is 7.18. The van der Waals surface area contributed by atoms with E-state index in [1.54, 1.807) is 0 Å². The summed E-state index contributed by atoms with van der Waals surface area (Å²) >= 11 is 0. The summed E-state index contributed by atoms with van der Waals surface area (Å²) < 4.78 is 10.7. The van der Waals surface area contributed by atoms with Crippen LogP contribution in [0.5, 0.6) is 0 Å². The first-order valence-electron chi connectivity index (χ1n) is 3.84. The van der Waals surface area contributed by atoms with Crippen molar-refractivity contribution in [3.63, 3.8) is 0 Å². The quantitative estimate of drug-likeness (QED) is 0.561. The maximum Gasteiger partial charge on any atom is 0.115 e. The van der Waals surface area contributed by atoms with E-state index in [1.807, 2.05) is 13.8 Å². The number of hydrogen-bond acceptors (Lipinski definition) is 2. The first kappa shape index (κ1) is 8.02. The molecule has 0 N–H and O–H groups in total. The SMILES string of the molecule is CC(C)OCC1(C)OC1C. The molecular weight excluding hydrogens is 128 g/mol. The van der Waals surface area contributed by atoms with E-state index in [0.717, 1.165) is 6.61 Å². The molecule has 1 rings (SSSR count). The van der Waals surface area contributed by atoms with Gasteiger partial charge in [0.2, 0.25) is 0 Å². The van der Waals surface area contributed by atoms with E-state index in [1.165, 1.54) is 0 Å². The van der Waals surface area contributed by atoms with Crippen molar-refractivity contribution in [3.8, 4) is 0 Å². The van der Waals surface area contributed by atoms with Crippen LogP contribution in [0.3, 0.4) is 0 Å². The first-order chi connectivity index (χ1) is 4.54. The van der Waals surface area contributed by atoms with E-state index in [4.69, 9.17) is 9.47 Å². The van der Waals surface area contributed by atoms with Gasteiger partial charge in [0.1, 0.15) is 5.60 Å². The topological polar surface area (TPSA) is 21.8 Å². The highest BCUT2D eigenvalue weighted by atomic mass is 16.6. The highest BCUT2D eigenvalue weighted by Gasteiger charge is 2.49. The molecule has 10 heavy (non-hydrogen) atoms. The number of epoxide rings is 1. The highest BCUT2D eigenvalue weighted by molar-refractivity contribution is 4.95. The van der Waals surface area contributed by atoms with Crippen LogP contribution in [0.1, 0.15) is 27.7 Å². The molecule has 0 aromatic rings. The minimum atomic E-state index is 0.0181. The fraction of sp³-hybridized carbons (Fsp3) is 1.00. The van der Waals surface area contributed by atoms with Crippen LogP contribution in [0, 0.1) is 0 Å². The molecule has 1 heterocycles. The van der Waals surface area contributed by atoms with E-state index in [9.17, 15) is 0 Å². The van der Waals surface area contributed by atoms with Gasteiger partial charge in [-0.25, -0.2) is 0 Å². The van der Waals surface area contributed by atoms with E-state index >= 15 is 0 Å². The standard InChI is InChI=1S/C8H16O2/c1-6(2)9-5-8(4)7(3)10-8/h6-7H,5H2,1-4H3. The second-order valence-electron chi connectivity index (χ2n) is 3.43. The molecule has 2 unspecified atom stereocenters. The van der Waals surface area contributed by atoms with Crippen LogP contribution in [0.4, 0.5) is 0 Å². The number of rotatable bonds is 3. The summed E-state index contributed by atoms with van der Waals surface area (Å²) in [5.74, 6) is 0. The van der Waals surface area contributed by atoms with Crippen molar-refractivity contribution in [2.24, 2.45) is 0 Å². The lowest BCUT2D eigenvalue weighted by Crippen LogP contribution is -2.20. The van der Waals surface area contributed by atoms with E-state index in [0.29, 0.717) is 12.2 Å². The molecule has 2 atom stereocenters. The molecule has 0 bridgehead atoms. The number of ether oxygens (including phenoxy) is 2. The summed E-state index contributed by atoms with van der Waals surface area (Å²) in [6.07, 6.45) is 0.694. The minimum Gasteiger partial charge on any atom is -0.376 e. The molecule has 1 aliphatic heterocycles. The van der Waals surface area contributed by atoms with Gasteiger partial charge in [0, 0.05) is 0 Å². The van der Waals surface area contributed by atoms with Gasteiger partial charge in [0.15, 0.2) is 0 Å². The van der Waals surface area contributed by atoms with Crippen molar-refractivity contribution in [1.82, 2.24) is 0 Å². The maximum absolute atomic E-state index is 5.41. The van der Waals surface area contributed by atoms with Crippen molar-refractivity contribution in [2.45, 2.75) is 45.5 Å². The Bertz CT molecular complexity index is 122. The number of hydrogen-bond donors (Lipinski definition) is 0. The molecule has 60 valence electrons. The van der Waals surface area contributed by atoms with Gasteiger partial charge < -0.3 is 9.47 Å². The van der Waals surface area contributed by atoms with Gasteiger partial charge in [0.05, 0.1) is 18.8 Å². The predicted molar refractivity (Wildman–Crippen MR) is 40.0 cm³/mol. The molecule has 0 spiro atoms. The van der Waals surface area contributed by atoms with E-state index in [-0.39, 0.29) is 5.60 Å². The zero-order chi connectivity index (χ0) is 7.78. The normalized spacial score (nSPS) is 38.7. The largest absolute Gasteiger partial charge is 0.376 e. The molecule has 2 heteroatoms. The van der Waals surface area contributed by atoms with Crippen LogP contribution >= 0.6 is 0 Å². The summed E-state index contributed by atoms with van der Waals surface area (Å²) in [5.41, 5.74) is 0.0181. The van der Waals surface area contributed by atoms with Crippen molar-refractivity contribution in [2.75, 3.05) is 6.61 Å². The van der Waals surface area contributed by atoms with Crippen LogP contribution in [-0.4, -0.2) is 24.4 Å². The Hall–Kier alpha value is -0.0800. The zero-order valence-electron chi connectivity index (χ0n) is 7.18. The lowest BCUT2D eigenvalue weighted by molar-refractivity contribution is 0.0420. The molecule has 0 aromatic carbocycles. The third kappa shape index (κ3) is 1.70. The van der Waals surface area contributed by atoms with E-state index in [2.05, 4.69) is 13.8 Å². The Labute approximate surface area is 62.5 Å². The van der Waals surface area contributed by atoms with Gasteiger partial charge in [-0.3, -0.25) is 0 Å². The Morgan fingerprint density at radius 2 is 2.10 bits per heavy atom. The van der Waals surface area contributed by atoms with Crippen molar-refractivity contribution < 1.29 is 9.47 Å². The lowest BCUT2D eigenvalue weighted by atomic mass is 10.1. The third-order valence-corrected chi connectivity index (χ3v) is 1.95. The molecule has 1 aliphatic rings. The third-order valence-electron chi connectivity index (χ3n) is 1.95. The van der Waals surface area contributed by atoms with Gasteiger partial charge in [0.25, 0.3) is 0 Å². The monoisotopic (exact) mass is 144 g/mol. The molecule has 0 aliphatic carbocycles. The smallest absolute Gasteiger partial charge is 0.115 e. The van der Waals surface area contributed by atoms with Crippen LogP contribution in [0.25, 0.3) is 0 Å². The molecule has 0 amide bonds. The molecule has 0 radical (unpaired) electrons. The fourth-order valence-electron chi connectivity index (χ4n) is 0.853. The van der Waals surface area contributed by atoms with Gasteiger partial charge in [-0.15, -0.1) is 0 Å². The van der Waals surface area contributed by atoms with Crippen LogP contribution in [0.2, 0.25) is 0 Å². The van der Waals surface area contributed by atoms with Gasteiger partial charge >= 0.3 is 0 Å². The minimum absolute atomic E-state index is 0.0181. The Morgan fingerprint density at radius 1 is 1.60 bits per heavy atom. The predicted octanol–water partition coefficient (Wildman–Crippen LogP) is 1.59. The summed E-state index contributed by atoms with van der Waals surface area (Å²) in [5, 5.41) is 0. The molecule has 1 fully saturated rings. The second kappa shape index (κ2) is 2.51. The van der Waals surface area contributed by atoms with E-state index < -0.39 is 0 Å². The Balaban J connectivity index is 2.15. The fourth-order valence-corrected chi connectivity index (χ4v) is 0.853. The van der Waals surface area contributed by atoms with Crippen LogP contribution in [0.15, 0.2) is 0 Å². The summed E-state index contributed by atoms with van der Waals surface area (Å²) in [7, 11) is 0. The summed E-state index contributed by atoms with van der Waals surface area (Å²) in [4.78, 5) is 0. The van der Waals surface area contributed by atoms with Gasteiger partial charge in [-0.2, -0.15) is 0 Å². The summed E-state index contributed by atoms with van der Waals surface area (Å²) in [6, 6.07) is 0. The highest BCUT2D eigenvalue weighted by Crippen LogP contribution is 2.35. The average molecular weight is 144 g/mol. The average Bonchev–Trinajstić information content (AvgIpc) is 2.38. The van der Waals surface area contributed by atoms with Crippen molar-refractivity contribution >= 4 is 0 Å². The van der Waals surface area contributed by atoms with Crippen molar-refractivity contribution in [1.29, 1.82) is 0 Å². The van der Waals surface area contributed by atoms with Gasteiger partial charge in [-0.1, -0.05) is 0 Å². The Morgan fingerprint density at radius 3 is 2.40 bits per heavy atom. The van der Waals surface area contributed by atoms with Gasteiger partial charge in [-0.05, 0) is 27.7 Å². The maximum atomic E-state index is 5.41. The van der Waals surface area contributed by atoms with Crippen LogP contribution < -0.4 is 0 Å². The molecular formula is C8H16O2. The van der Waals surface area contributed by atoms with Crippen LogP contribution in [-0.2, 0) is 9.47 Å². The Kier molecular flexibility index (Phi) is 2.02. The first-order valence-corrected chi connectivity index (χ1v) is 3.84.